The van der Waals surface area contributed by atoms with Crippen molar-refractivity contribution in [2.45, 2.75) is 263 Å². The van der Waals surface area contributed by atoms with Gasteiger partial charge in [-0.3, -0.25) is 9.59 Å². The van der Waals surface area contributed by atoms with Gasteiger partial charge in [0.25, 0.3) is 0 Å². The lowest BCUT2D eigenvalue weighted by atomic mass is 9.82. The Kier molecular flexibility index (Phi) is 21.5. The molecule has 0 saturated carbocycles. The Labute approximate surface area is 425 Å². The van der Waals surface area contributed by atoms with E-state index in [-0.39, 0.29) is 56.3 Å². The molecular formula is C54H102O11Si4. The third-order valence-electron chi connectivity index (χ3n) is 17.0. The molecule has 3 rings (SSSR count). The lowest BCUT2D eigenvalue weighted by Crippen LogP contribution is -2.61. The van der Waals surface area contributed by atoms with E-state index in [9.17, 15) is 9.59 Å². The van der Waals surface area contributed by atoms with E-state index in [4.69, 9.17) is 41.4 Å². The van der Waals surface area contributed by atoms with Crippen molar-refractivity contribution >= 4 is 45.2 Å². The number of esters is 2. The van der Waals surface area contributed by atoms with Gasteiger partial charge >= 0.3 is 11.9 Å². The van der Waals surface area contributed by atoms with Crippen LogP contribution in [0.1, 0.15) is 147 Å². The van der Waals surface area contributed by atoms with E-state index < -0.39 is 63.3 Å². The van der Waals surface area contributed by atoms with Crippen LogP contribution in [0, 0.1) is 11.8 Å². The predicted octanol–water partition coefficient (Wildman–Crippen LogP) is 14.0. The molecule has 1 aromatic carbocycles. The van der Waals surface area contributed by atoms with E-state index in [0.29, 0.717) is 58.2 Å². The zero-order valence-electron chi connectivity index (χ0n) is 48.1. The second-order valence-electron chi connectivity index (χ2n) is 26.5. The van der Waals surface area contributed by atoms with Crippen LogP contribution in [0.25, 0.3) is 0 Å². The molecule has 2 aliphatic heterocycles. The summed E-state index contributed by atoms with van der Waals surface area (Å²) in [6, 6.07) is 10.2. The number of hydrogen-bond acceptors (Lipinski definition) is 11. The Balaban J connectivity index is 2.11. The van der Waals surface area contributed by atoms with Crippen LogP contribution in [0.5, 0.6) is 0 Å². The second-order valence-corrected chi connectivity index (χ2v) is 45.6. The minimum atomic E-state index is -2.49. The molecule has 9 atom stereocenters. The number of benzene rings is 1. The zero-order valence-corrected chi connectivity index (χ0v) is 52.1. The molecule has 2 fully saturated rings. The molecule has 0 spiro atoms. The van der Waals surface area contributed by atoms with E-state index in [0.717, 1.165) is 12.0 Å². The average Bonchev–Trinajstić information content (AvgIpc) is 3.18. The molecule has 11 nitrogen and oxygen atoms in total. The number of ether oxygens (including phenoxy) is 5. The number of carbonyl (C=O) groups is 2. The van der Waals surface area contributed by atoms with Gasteiger partial charge in [0, 0.05) is 32.8 Å². The summed E-state index contributed by atoms with van der Waals surface area (Å²) in [6.45, 7) is 47.7. The average molecular weight is 1040 g/mol. The largest absolute Gasteiger partial charge is 0.469 e. The van der Waals surface area contributed by atoms with Gasteiger partial charge < -0.3 is 41.4 Å². The van der Waals surface area contributed by atoms with E-state index in [2.05, 4.69) is 155 Å². The maximum atomic E-state index is 14.3. The van der Waals surface area contributed by atoms with Gasteiger partial charge in [-0.25, -0.2) is 0 Å². The van der Waals surface area contributed by atoms with Crippen molar-refractivity contribution in [3.63, 3.8) is 0 Å². The maximum absolute atomic E-state index is 14.3. The minimum Gasteiger partial charge on any atom is -0.469 e. The fourth-order valence-electron chi connectivity index (χ4n) is 8.49. The Morgan fingerprint density at radius 2 is 1.25 bits per heavy atom. The van der Waals surface area contributed by atoms with Crippen molar-refractivity contribution in [3.05, 3.63) is 35.9 Å². The first kappa shape index (κ1) is 62.0. The van der Waals surface area contributed by atoms with E-state index in [1.807, 2.05) is 18.2 Å². The molecule has 0 aromatic heterocycles. The molecule has 0 N–H and O–H groups in total. The fraction of sp³-hybridized carbons (Fsp3) is 0.852. The summed E-state index contributed by atoms with van der Waals surface area (Å²) >= 11 is 0. The molecule has 2 heterocycles. The standard InChI is InChI=1S/C54H102O11Si4/c1-24-43-44(64-68(20,21)52(8,9)10)33-40(60-48(43)55)31-28-32-41(62-66(16,17)50(2,3)4)35-54(58-15)36-46(65-69(22,23)53(11,12)13)47(49(56)57-14)45(61-54)34-42(63-67(18,19)51(5,6)7)38-59-37-39-29-26-25-27-30-39/h25-27,29-30,40-47H,24,28,31-38H2,1-23H3/t40?,41-,42+,43-,44+,45-,46-,47-,54+/m0/s1. The highest BCUT2D eigenvalue weighted by molar-refractivity contribution is 6.75. The molecule has 2 saturated heterocycles. The first-order chi connectivity index (χ1) is 31.3. The van der Waals surface area contributed by atoms with Gasteiger partial charge in [0.05, 0.1) is 56.8 Å². The summed E-state index contributed by atoms with van der Waals surface area (Å²) in [4.78, 5) is 27.9. The molecule has 1 unspecified atom stereocenters. The van der Waals surface area contributed by atoms with Crippen molar-refractivity contribution in [2.75, 3.05) is 20.8 Å². The van der Waals surface area contributed by atoms with Crippen LogP contribution in [-0.4, -0.2) is 108 Å². The lowest BCUT2D eigenvalue weighted by Gasteiger charge is -2.52. The van der Waals surface area contributed by atoms with Gasteiger partial charge in [0.1, 0.15) is 12.0 Å². The Hall–Kier alpha value is -1.25. The Bertz CT molecular complexity index is 1760. The highest BCUT2D eigenvalue weighted by atomic mass is 28.4. The molecule has 0 aliphatic carbocycles. The molecule has 0 radical (unpaired) electrons. The van der Waals surface area contributed by atoms with Crippen LogP contribution in [0.3, 0.4) is 0 Å². The number of carbonyl (C=O) groups excluding carboxylic acids is 2. The first-order valence-electron chi connectivity index (χ1n) is 26.2. The molecule has 15 heteroatoms. The summed E-state index contributed by atoms with van der Waals surface area (Å²) in [6.07, 6.45) is 2.25. The van der Waals surface area contributed by atoms with Crippen LogP contribution < -0.4 is 0 Å². The van der Waals surface area contributed by atoms with Gasteiger partial charge in [-0.2, -0.15) is 0 Å². The highest BCUT2D eigenvalue weighted by Gasteiger charge is 2.56. The van der Waals surface area contributed by atoms with E-state index >= 15 is 0 Å². The highest BCUT2D eigenvalue weighted by Crippen LogP contribution is 2.48. The number of hydrogen-bond donors (Lipinski definition) is 0. The second kappa shape index (κ2) is 24.0. The Morgan fingerprint density at radius 3 is 1.72 bits per heavy atom. The van der Waals surface area contributed by atoms with Gasteiger partial charge in [-0.05, 0) is 104 Å². The molecule has 0 amide bonds. The quantitative estimate of drug-likeness (QED) is 0.0770. The van der Waals surface area contributed by atoms with Crippen molar-refractivity contribution in [3.8, 4) is 0 Å². The third-order valence-corrected chi connectivity index (χ3v) is 35.1. The first-order valence-corrected chi connectivity index (χ1v) is 37.8. The summed E-state index contributed by atoms with van der Waals surface area (Å²) in [5.74, 6) is -2.72. The van der Waals surface area contributed by atoms with Crippen molar-refractivity contribution < 1.29 is 51.0 Å². The van der Waals surface area contributed by atoms with Gasteiger partial charge in [-0.1, -0.05) is 120 Å². The lowest BCUT2D eigenvalue weighted by molar-refractivity contribution is -0.309. The molecule has 0 bridgehead atoms. The monoisotopic (exact) mass is 1040 g/mol. The normalized spacial score (nSPS) is 25.8. The van der Waals surface area contributed by atoms with Gasteiger partial charge in [0.15, 0.2) is 39.1 Å². The van der Waals surface area contributed by atoms with Gasteiger partial charge in [0.2, 0.25) is 0 Å². The van der Waals surface area contributed by atoms with Crippen LogP contribution in [-0.2, 0) is 57.6 Å². The van der Waals surface area contributed by atoms with Crippen LogP contribution in [0.2, 0.25) is 72.5 Å². The van der Waals surface area contributed by atoms with Crippen molar-refractivity contribution in [1.29, 1.82) is 0 Å². The van der Waals surface area contributed by atoms with Crippen molar-refractivity contribution in [1.82, 2.24) is 0 Å². The SMILES string of the molecule is CC[C@@H]1C(=O)OC(CCC[C@@H](C[C@]2(OC)C[C@H](O[Si](C)(C)C(C)(C)C)[C@@H](C(=O)OC)[C@H](C[C@H](COCc3ccccc3)O[Si](C)(C)C(C)(C)C)O2)O[Si](C)(C)C(C)(C)C)C[C@H]1O[Si](C)(C)C(C)(C)C. The summed E-state index contributed by atoms with van der Waals surface area (Å²) < 4.78 is 61.3. The number of methoxy groups -OCH3 is 2. The van der Waals surface area contributed by atoms with Crippen LogP contribution in [0.4, 0.5) is 0 Å². The third kappa shape index (κ3) is 16.9. The van der Waals surface area contributed by atoms with Crippen LogP contribution >= 0.6 is 0 Å². The molecule has 400 valence electrons. The summed E-state index contributed by atoms with van der Waals surface area (Å²) in [5.41, 5.74) is 1.07. The number of rotatable bonds is 23. The molecule has 69 heavy (non-hydrogen) atoms. The maximum Gasteiger partial charge on any atom is 0.313 e. The topological polar surface area (TPSA) is 117 Å². The Morgan fingerprint density at radius 1 is 0.739 bits per heavy atom. The minimum absolute atomic E-state index is 0.0222. The summed E-state index contributed by atoms with van der Waals surface area (Å²) in [7, 11) is -6.19. The number of cyclic esters (lactones) is 1. The van der Waals surface area contributed by atoms with E-state index in [1.54, 1.807) is 7.11 Å². The summed E-state index contributed by atoms with van der Waals surface area (Å²) in [5, 5.41) is -0.264. The van der Waals surface area contributed by atoms with Crippen molar-refractivity contribution in [2.24, 2.45) is 11.8 Å². The zero-order chi connectivity index (χ0) is 52.8. The predicted molar refractivity (Wildman–Crippen MR) is 290 cm³/mol. The molecule has 1 aromatic rings. The van der Waals surface area contributed by atoms with Crippen LogP contribution in [0.15, 0.2) is 30.3 Å². The fourth-order valence-corrected chi connectivity index (χ4v) is 13.9. The molecular weight excluding hydrogens is 937 g/mol. The van der Waals surface area contributed by atoms with E-state index in [1.165, 1.54) is 7.11 Å². The van der Waals surface area contributed by atoms with Gasteiger partial charge in [-0.15, -0.1) is 0 Å². The smallest absolute Gasteiger partial charge is 0.313 e. The molecule has 2 aliphatic rings.